The number of likely N-dealkylation sites (N-methyl/N-ethyl adjacent to an activating group) is 1. The predicted molar refractivity (Wildman–Crippen MR) is 154 cm³/mol. The third-order valence-corrected chi connectivity index (χ3v) is 8.85. The Labute approximate surface area is 238 Å². The molecule has 1 aliphatic heterocycles. The number of carbonyl (C=O) groups excluding carboxylic acids is 3. The topological polar surface area (TPSA) is 179 Å². The normalized spacial score (nSPS) is 17.7. The Morgan fingerprint density at radius 3 is 2.79 bits per heavy atom. The van der Waals surface area contributed by atoms with Gasteiger partial charge in [0.05, 0.1) is 11.1 Å². The highest BCUT2D eigenvalue weighted by Crippen LogP contribution is 2.36. The Kier molecular flexibility index (Phi) is 9.38. The lowest BCUT2D eigenvalue weighted by atomic mass is 10.1. The molecule has 3 amide bonds. The number of thiophene rings is 1. The number of carbonyl (C=O) groups is 3. The molecule has 3 atom stereocenters. The minimum atomic E-state index is -0.733. The van der Waals surface area contributed by atoms with Crippen molar-refractivity contribution in [2.45, 2.75) is 43.8 Å². The van der Waals surface area contributed by atoms with E-state index >= 15 is 0 Å². The van der Waals surface area contributed by atoms with Gasteiger partial charge in [-0.3, -0.25) is 19.8 Å². The summed E-state index contributed by atoms with van der Waals surface area (Å²) in [4.78, 5) is 45.1. The second-order valence-electron chi connectivity index (χ2n) is 9.31. The first-order valence-electron chi connectivity index (χ1n) is 12.5. The summed E-state index contributed by atoms with van der Waals surface area (Å²) < 4.78 is 0.930. The van der Waals surface area contributed by atoms with Gasteiger partial charge in [0, 0.05) is 52.6 Å². The number of rotatable bonds is 10. The van der Waals surface area contributed by atoms with Gasteiger partial charge in [0.1, 0.15) is 16.7 Å². The predicted octanol–water partition coefficient (Wildman–Crippen LogP) is 2.42. The van der Waals surface area contributed by atoms with Gasteiger partial charge in [-0.1, -0.05) is 17.7 Å². The summed E-state index contributed by atoms with van der Waals surface area (Å²) in [6.45, 7) is 0.887. The van der Waals surface area contributed by atoms with Gasteiger partial charge < -0.3 is 32.3 Å². The molecule has 3 aromatic rings. The lowest BCUT2D eigenvalue weighted by Gasteiger charge is -2.23. The number of nitrogens with zero attached hydrogens (tertiary/aromatic N) is 2. The van der Waals surface area contributed by atoms with Crippen molar-refractivity contribution in [3.05, 3.63) is 50.2 Å². The zero-order valence-corrected chi connectivity index (χ0v) is 23.7. The molecule has 4 rings (SSSR count). The highest BCUT2D eigenvalue weighted by Gasteiger charge is 2.37. The molecule has 39 heavy (non-hydrogen) atoms. The van der Waals surface area contributed by atoms with Crippen LogP contribution < -0.4 is 27.4 Å². The summed E-state index contributed by atoms with van der Waals surface area (Å²) >= 11 is 8.98. The Bertz CT molecular complexity index is 1380. The van der Waals surface area contributed by atoms with E-state index in [2.05, 4.69) is 20.9 Å². The van der Waals surface area contributed by atoms with E-state index in [-0.39, 0.29) is 35.6 Å². The number of amides is 3. The van der Waals surface area contributed by atoms with Crippen LogP contribution >= 0.6 is 34.3 Å². The van der Waals surface area contributed by atoms with Crippen molar-refractivity contribution in [3.63, 3.8) is 0 Å². The third kappa shape index (κ3) is 6.85. The number of unbranched alkanes of at least 4 members (excludes halogenated alkanes) is 1. The van der Waals surface area contributed by atoms with Crippen molar-refractivity contribution in [1.29, 1.82) is 5.41 Å². The average molecular weight is 591 g/mol. The molecule has 0 bridgehead atoms. The smallest absolute Gasteiger partial charge is 0.271 e. The monoisotopic (exact) mass is 590 g/mol. The molecule has 0 unspecified atom stereocenters. The van der Waals surface area contributed by atoms with E-state index in [4.69, 9.17) is 28.5 Å². The maximum atomic E-state index is 13.5. The lowest BCUT2D eigenvalue weighted by Crippen LogP contribution is -2.45. The molecule has 3 heterocycles. The van der Waals surface area contributed by atoms with Crippen LogP contribution in [0.5, 0.6) is 0 Å². The fourth-order valence-corrected chi connectivity index (χ4v) is 6.67. The number of guanidine groups is 1. The Morgan fingerprint density at radius 2 is 2.05 bits per heavy atom. The van der Waals surface area contributed by atoms with E-state index in [1.165, 1.54) is 29.7 Å². The zero-order valence-electron chi connectivity index (χ0n) is 21.3. The molecule has 2 aromatic heterocycles. The highest BCUT2D eigenvalue weighted by atomic mass is 35.5. The van der Waals surface area contributed by atoms with E-state index in [0.717, 1.165) is 10.1 Å². The number of aromatic nitrogens is 1. The largest absolute Gasteiger partial charge is 0.370 e. The van der Waals surface area contributed by atoms with Crippen LogP contribution in [-0.4, -0.2) is 65.8 Å². The molecule has 1 fully saturated rings. The molecule has 208 valence electrons. The van der Waals surface area contributed by atoms with Crippen molar-refractivity contribution >= 4 is 68.0 Å². The van der Waals surface area contributed by atoms with Crippen LogP contribution in [0, 0.1) is 5.41 Å². The number of nitrogens with two attached hydrogens (primary N) is 2. The first-order valence-corrected chi connectivity index (χ1v) is 14.6. The molecular weight excluding hydrogens is 560 g/mol. The second kappa shape index (κ2) is 12.7. The quantitative estimate of drug-likeness (QED) is 0.119. The van der Waals surface area contributed by atoms with Gasteiger partial charge >= 0.3 is 0 Å². The number of likely N-dealkylation sites (tertiary alicyclic amines) is 1. The number of fused-ring (bicyclic) bond motifs is 1. The van der Waals surface area contributed by atoms with E-state index < -0.39 is 11.9 Å². The van der Waals surface area contributed by atoms with Gasteiger partial charge in [-0.2, -0.15) is 0 Å². The number of halogens is 1. The number of hydrogen-bond acceptors (Lipinski definition) is 8. The van der Waals surface area contributed by atoms with Crippen LogP contribution in [0.1, 0.15) is 57.6 Å². The Morgan fingerprint density at radius 1 is 1.26 bits per heavy atom. The summed E-state index contributed by atoms with van der Waals surface area (Å²) in [6.07, 6.45) is 2.27. The van der Waals surface area contributed by atoms with E-state index in [1.54, 1.807) is 16.3 Å². The standard InChI is InChI=1S/C25H31ClN8O3S2/c1-30-21(35)17(4-2-3-7-31-25(28)29)32-22(36)18-12-39-23(33-18)19-9-14(27)10-34(19)24(37)13-5-6-15-16(26)11-38-20(15)8-13/h5-6,8,11-12,14,17,19H,2-4,7,9-10,27H2,1H3,(H,30,35)(H,32,36)(H4,28,29,31)/t14-,17+,19+/m1/s1. The lowest BCUT2D eigenvalue weighted by molar-refractivity contribution is -0.122. The van der Waals surface area contributed by atoms with Crippen LogP contribution in [0.25, 0.3) is 10.1 Å². The van der Waals surface area contributed by atoms with Gasteiger partial charge in [0.2, 0.25) is 5.91 Å². The van der Waals surface area contributed by atoms with E-state index in [9.17, 15) is 14.4 Å². The fraction of sp³-hybridized carbons (Fsp3) is 0.400. The van der Waals surface area contributed by atoms with Crippen molar-refractivity contribution in [3.8, 4) is 0 Å². The van der Waals surface area contributed by atoms with Gasteiger partial charge in [-0.05, 0) is 37.8 Å². The zero-order chi connectivity index (χ0) is 28.1. The van der Waals surface area contributed by atoms with E-state index in [1.807, 2.05) is 17.5 Å². The van der Waals surface area contributed by atoms with Crippen LogP contribution in [0.2, 0.25) is 5.02 Å². The molecule has 0 spiro atoms. The van der Waals surface area contributed by atoms with Crippen molar-refractivity contribution in [2.24, 2.45) is 11.5 Å². The SMILES string of the molecule is CNC(=O)[C@H](CCCCNC(=N)N)NC(=O)c1csc([C@@H]2C[C@@H](N)CN2C(=O)c2ccc3c(Cl)csc3c2)n1. The first kappa shape index (κ1) is 28.7. The molecule has 14 heteroatoms. The Balaban J connectivity index is 1.43. The minimum Gasteiger partial charge on any atom is -0.370 e. The molecular formula is C25H31ClN8O3S2. The summed E-state index contributed by atoms with van der Waals surface area (Å²) in [7, 11) is 1.51. The van der Waals surface area contributed by atoms with Gasteiger partial charge in [0.15, 0.2) is 5.96 Å². The Hall–Kier alpha value is -3.26. The summed E-state index contributed by atoms with van der Waals surface area (Å²) in [5.41, 5.74) is 12.3. The number of hydrogen-bond donors (Lipinski definition) is 6. The van der Waals surface area contributed by atoms with Gasteiger partial charge in [-0.25, -0.2) is 4.98 Å². The molecule has 0 saturated carbocycles. The second-order valence-corrected chi connectivity index (χ2v) is 11.5. The average Bonchev–Trinajstić information content (AvgIpc) is 3.65. The van der Waals surface area contributed by atoms with E-state index in [0.29, 0.717) is 54.4 Å². The minimum absolute atomic E-state index is 0.109. The van der Waals surface area contributed by atoms with Crippen molar-refractivity contribution in [2.75, 3.05) is 20.1 Å². The molecule has 1 aromatic carbocycles. The maximum Gasteiger partial charge on any atom is 0.271 e. The van der Waals surface area contributed by atoms with Crippen molar-refractivity contribution in [1.82, 2.24) is 25.8 Å². The fourth-order valence-electron chi connectivity index (χ4n) is 4.54. The number of nitrogens with one attached hydrogen (secondary N) is 4. The molecule has 0 radical (unpaired) electrons. The summed E-state index contributed by atoms with van der Waals surface area (Å²) in [6, 6.07) is 4.15. The molecule has 1 aliphatic rings. The molecule has 1 saturated heterocycles. The van der Waals surface area contributed by atoms with Crippen LogP contribution in [0.15, 0.2) is 29.0 Å². The number of benzene rings is 1. The summed E-state index contributed by atoms with van der Waals surface area (Å²) in [5.74, 6) is -1.03. The number of thiazole rings is 1. The van der Waals surface area contributed by atoms with Crippen LogP contribution in [-0.2, 0) is 4.79 Å². The molecule has 11 nitrogen and oxygen atoms in total. The third-order valence-electron chi connectivity index (χ3n) is 6.51. The van der Waals surface area contributed by atoms with Crippen LogP contribution in [0.3, 0.4) is 0 Å². The van der Waals surface area contributed by atoms with Gasteiger partial charge in [-0.15, -0.1) is 22.7 Å². The van der Waals surface area contributed by atoms with Crippen molar-refractivity contribution < 1.29 is 14.4 Å². The van der Waals surface area contributed by atoms with Crippen LogP contribution in [0.4, 0.5) is 0 Å². The first-order chi connectivity index (χ1) is 18.7. The molecule has 8 N–H and O–H groups in total. The highest BCUT2D eigenvalue weighted by molar-refractivity contribution is 7.17. The van der Waals surface area contributed by atoms with Gasteiger partial charge in [0.25, 0.3) is 11.8 Å². The maximum absolute atomic E-state index is 13.5. The molecule has 0 aliphatic carbocycles. The summed E-state index contributed by atoms with van der Waals surface area (Å²) in [5, 5.41) is 20.9.